The summed E-state index contributed by atoms with van der Waals surface area (Å²) in [6.07, 6.45) is 7.94. The molecule has 1 amide bonds. The number of thiophene rings is 1. The van der Waals surface area contributed by atoms with E-state index in [0.29, 0.717) is 31.5 Å². The molecule has 1 aromatic carbocycles. The number of benzene rings is 1. The number of carbonyl (C=O) groups is 1. The van der Waals surface area contributed by atoms with Crippen LogP contribution in [0.5, 0.6) is 0 Å². The van der Waals surface area contributed by atoms with Crippen molar-refractivity contribution in [2.45, 2.75) is 31.8 Å². The van der Waals surface area contributed by atoms with Gasteiger partial charge in [0.25, 0.3) is 5.91 Å². The molecule has 0 spiro atoms. The summed E-state index contributed by atoms with van der Waals surface area (Å²) in [6.45, 7) is 5.26. The summed E-state index contributed by atoms with van der Waals surface area (Å²) < 4.78 is 6.71. The number of hydrogen-bond donors (Lipinski definition) is 4. The lowest BCUT2D eigenvalue weighted by atomic mass is 10.0. The number of aromatic amines is 1. The van der Waals surface area contributed by atoms with E-state index in [2.05, 4.69) is 41.3 Å². The maximum absolute atomic E-state index is 11.7. The average Bonchev–Trinajstić information content (AvgIpc) is 3.72. The predicted molar refractivity (Wildman–Crippen MR) is 164 cm³/mol. The molecule has 0 saturated carbocycles. The second kappa shape index (κ2) is 12.2. The number of hydroxylamine groups is 1. The summed E-state index contributed by atoms with van der Waals surface area (Å²) in [4.78, 5) is 36.3. The number of piperidine rings is 1. The van der Waals surface area contributed by atoms with Gasteiger partial charge in [-0.3, -0.25) is 15.1 Å². The number of fused-ring (bicyclic) bond motifs is 2. The fraction of sp³-hybridized carbons (Fsp3) is 0.379. The molecule has 2 aliphatic heterocycles. The van der Waals surface area contributed by atoms with Crippen LogP contribution in [0.2, 0.25) is 0 Å². The molecule has 6 heterocycles. The van der Waals surface area contributed by atoms with Crippen LogP contribution in [-0.2, 0) is 11.3 Å². The maximum atomic E-state index is 11.7. The van der Waals surface area contributed by atoms with Crippen molar-refractivity contribution in [3.63, 3.8) is 0 Å². The molecule has 222 valence electrons. The monoisotopic (exact) mass is 600 g/mol. The number of nitrogens with one attached hydrogen (secondary N) is 3. The summed E-state index contributed by atoms with van der Waals surface area (Å²) in [5.74, 6) is 1.61. The van der Waals surface area contributed by atoms with E-state index in [0.717, 1.165) is 77.9 Å². The van der Waals surface area contributed by atoms with Crippen molar-refractivity contribution in [3.8, 4) is 11.4 Å². The molecule has 43 heavy (non-hydrogen) atoms. The number of ether oxygens (including phenoxy) is 1. The van der Waals surface area contributed by atoms with E-state index >= 15 is 0 Å². The Morgan fingerprint density at radius 1 is 1.12 bits per heavy atom. The number of carbonyl (C=O) groups excluding carboxylic acids is 1. The summed E-state index contributed by atoms with van der Waals surface area (Å²) in [5.41, 5.74) is 4.69. The number of hydrogen-bond acceptors (Lipinski definition) is 12. The zero-order valence-electron chi connectivity index (χ0n) is 23.5. The highest BCUT2D eigenvalue weighted by atomic mass is 32.1. The topological polar surface area (TPSA) is 157 Å². The number of H-pyrrole nitrogens is 1. The molecule has 1 unspecified atom stereocenters. The highest BCUT2D eigenvalue weighted by Crippen LogP contribution is 2.36. The van der Waals surface area contributed by atoms with Crippen molar-refractivity contribution in [2.24, 2.45) is 0 Å². The van der Waals surface area contributed by atoms with Crippen molar-refractivity contribution >= 4 is 50.1 Å². The predicted octanol–water partition coefficient (Wildman–Crippen LogP) is 3.13. The van der Waals surface area contributed by atoms with E-state index in [9.17, 15) is 4.79 Å². The maximum Gasteiger partial charge on any atom is 0.277 e. The van der Waals surface area contributed by atoms with Gasteiger partial charge in [0.05, 0.1) is 40.7 Å². The van der Waals surface area contributed by atoms with Gasteiger partial charge in [-0.05, 0) is 31.4 Å². The van der Waals surface area contributed by atoms with Crippen molar-refractivity contribution in [1.82, 2.24) is 40.9 Å². The molecule has 0 bridgehead atoms. The lowest BCUT2D eigenvalue weighted by Gasteiger charge is -2.36. The van der Waals surface area contributed by atoms with Crippen LogP contribution in [0.4, 0.5) is 11.8 Å². The Morgan fingerprint density at radius 3 is 2.81 bits per heavy atom. The number of rotatable bonds is 8. The average molecular weight is 601 g/mol. The normalized spacial score (nSPS) is 17.6. The first-order chi connectivity index (χ1) is 21.2. The van der Waals surface area contributed by atoms with Crippen molar-refractivity contribution < 1.29 is 14.7 Å². The van der Waals surface area contributed by atoms with E-state index in [-0.39, 0.29) is 11.6 Å². The quantitative estimate of drug-likeness (QED) is 0.153. The smallest absolute Gasteiger partial charge is 0.277 e. The SMILES string of the molecule is O=C(NO)c1cnc(N2CCCCC2CNCc2cc3nc(-c4cccc5[nH]ncc45)nc(N4CCOCC4)c3s2)nc1. The lowest BCUT2D eigenvalue weighted by molar-refractivity contribution is 0.0705. The molecule has 1 atom stereocenters. The van der Waals surface area contributed by atoms with Crippen LogP contribution in [0.15, 0.2) is 42.9 Å². The third kappa shape index (κ3) is 5.61. The first-order valence-corrected chi connectivity index (χ1v) is 15.3. The Morgan fingerprint density at radius 2 is 1.98 bits per heavy atom. The molecule has 4 N–H and O–H groups in total. The molecule has 7 rings (SSSR count). The van der Waals surface area contributed by atoms with Gasteiger partial charge in [0, 0.05) is 67.0 Å². The summed E-state index contributed by atoms with van der Waals surface area (Å²) in [5, 5.41) is 20.8. The minimum absolute atomic E-state index is 0.215. The van der Waals surface area contributed by atoms with Gasteiger partial charge < -0.3 is 19.9 Å². The van der Waals surface area contributed by atoms with Gasteiger partial charge in [-0.1, -0.05) is 12.1 Å². The molecule has 2 fully saturated rings. The van der Waals surface area contributed by atoms with E-state index < -0.39 is 5.91 Å². The number of aromatic nitrogens is 6. The Bertz CT molecular complexity index is 1730. The van der Waals surface area contributed by atoms with E-state index in [1.165, 1.54) is 17.3 Å². The molecular formula is C29H32N10O3S. The summed E-state index contributed by atoms with van der Waals surface area (Å²) in [7, 11) is 0. The second-order valence-corrected chi connectivity index (χ2v) is 11.9. The second-order valence-electron chi connectivity index (χ2n) is 10.7. The summed E-state index contributed by atoms with van der Waals surface area (Å²) >= 11 is 1.73. The van der Waals surface area contributed by atoms with E-state index in [4.69, 9.17) is 19.9 Å². The van der Waals surface area contributed by atoms with Crippen LogP contribution in [0.3, 0.4) is 0 Å². The minimum Gasteiger partial charge on any atom is -0.378 e. The van der Waals surface area contributed by atoms with Crippen molar-refractivity contribution in [1.29, 1.82) is 0 Å². The molecule has 0 radical (unpaired) electrons. The van der Waals surface area contributed by atoms with Gasteiger partial charge in [0.15, 0.2) is 11.6 Å². The standard InChI is InChI=1S/C29H32N10O3S/c40-28(37-41)18-13-31-29(32-14-18)39-7-2-1-4-19(39)15-30-16-20-12-24-25(43-20)27(38-8-10-42-11-9-38)35-26(34-24)21-5-3-6-23-22(21)17-33-36-23/h3,5-6,12-14,17,19,30,41H,1-2,4,7-11,15-16H2,(H,33,36)(H,37,40). The van der Waals surface area contributed by atoms with Crippen LogP contribution in [0, 0.1) is 0 Å². The highest BCUT2D eigenvalue weighted by molar-refractivity contribution is 7.19. The molecule has 2 aliphatic rings. The van der Waals surface area contributed by atoms with Gasteiger partial charge in [-0.25, -0.2) is 25.4 Å². The third-order valence-corrected chi connectivity index (χ3v) is 9.13. The summed E-state index contributed by atoms with van der Waals surface area (Å²) in [6, 6.07) is 8.45. The van der Waals surface area contributed by atoms with Crippen LogP contribution in [0.25, 0.3) is 32.5 Å². The highest BCUT2D eigenvalue weighted by Gasteiger charge is 2.25. The fourth-order valence-corrected chi connectivity index (χ4v) is 6.90. The number of anilines is 2. The van der Waals surface area contributed by atoms with Gasteiger partial charge >= 0.3 is 0 Å². The minimum atomic E-state index is -0.626. The van der Waals surface area contributed by atoms with Gasteiger partial charge in [-0.15, -0.1) is 11.3 Å². The Labute approximate surface area is 251 Å². The molecule has 14 heteroatoms. The van der Waals surface area contributed by atoms with Gasteiger partial charge in [-0.2, -0.15) is 5.10 Å². The Kier molecular flexibility index (Phi) is 7.80. The molecule has 13 nitrogen and oxygen atoms in total. The van der Waals surface area contributed by atoms with Crippen LogP contribution in [-0.4, -0.2) is 86.7 Å². The molecule has 2 saturated heterocycles. The number of nitrogens with zero attached hydrogens (tertiary/aromatic N) is 7. The van der Waals surface area contributed by atoms with Crippen LogP contribution < -0.4 is 20.6 Å². The fourth-order valence-electron chi connectivity index (χ4n) is 5.81. The van der Waals surface area contributed by atoms with Crippen molar-refractivity contribution in [3.05, 3.63) is 53.3 Å². The number of amides is 1. The van der Waals surface area contributed by atoms with E-state index in [1.807, 2.05) is 24.4 Å². The zero-order valence-corrected chi connectivity index (χ0v) is 24.3. The molecule has 5 aromatic rings. The lowest BCUT2D eigenvalue weighted by Crippen LogP contribution is -2.46. The van der Waals surface area contributed by atoms with Gasteiger partial charge in [0.1, 0.15) is 0 Å². The zero-order chi connectivity index (χ0) is 29.2. The number of morpholine rings is 1. The van der Waals surface area contributed by atoms with Crippen LogP contribution in [0.1, 0.15) is 34.5 Å². The molecular weight excluding hydrogens is 568 g/mol. The van der Waals surface area contributed by atoms with E-state index in [1.54, 1.807) is 16.8 Å². The third-order valence-electron chi connectivity index (χ3n) is 8.01. The molecule has 4 aromatic heterocycles. The Balaban J connectivity index is 1.12. The first-order valence-electron chi connectivity index (χ1n) is 14.5. The molecule has 0 aliphatic carbocycles. The van der Waals surface area contributed by atoms with Crippen molar-refractivity contribution in [2.75, 3.05) is 49.2 Å². The van der Waals surface area contributed by atoms with Gasteiger partial charge in [0.2, 0.25) is 5.95 Å². The van der Waals surface area contributed by atoms with Crippen LogP contribution >= 0.6 is 11.3 Å². The Hall–Kier alpha value is -4.24. The first kappa shape index (κ1) is 27.6. The largest absolute Gasteiger partial charge is 0.378 e.